The van der Waals surface area contributed by atoms with Gasteiger partial charge in [-0.2, -0.15) is 0 Å². The van der Waals surface area contributed by atoms with Crippen LogP contribution in [0, 0.1) is 0 Å². The first-order valence-corrected chi connectivity index (χ1v) is 6.39. The minimum atomic E-state index is -0.248. The molecule has 2 N–H and O–H groups in total. The van der Waals surface area contributed by atoms with Crippen molar-refractivity contribution in [2.75, 3.05) is 26.4 Å². The van der Waals surface area contributed by atoms with Crippen LogP contribution in [0.25, 0.3) is 0 Å². The highest BCUT2D eigenvalue weighted by molar-refractivity contribution is 4.79. The van der Waals surface area contributed by atoms with Crippen LogP contribution >= 0.6 is 0 Å². The zero-order chi connectivity index (χ0) is 13.4. The molecule has 0 bridgehead atoms. The van der Waals surface area contributed by atoms with Crippen molar-refractivity contribution in [2.45, 2.75) is 58.2 Å². The zero-order valence-corrected chi connectivity index (χ0v) is 11.7. The van der Waals surface area contributed by atoms with E-state index in [1.54, 1.807) is 0 Å². The first-order valence-electron chi connectivity index (χ1n) is 6.39. The lowest BCUT2D eigenvalue weighted by molar-refractivity contribution is -0.0834. The Bertz CT molecular complexity index is 194. The lowest BCUT2D eigenvalue weighted by atomic mass is 9.90. The highest BCUT2D eigenvalue weighted by atomic mass is 16.5. The van der Waals surface area contributed by atoms with Crippen molar-refractivity contribution in [2.24, 2.45) is 0 Å². The molecule has 0 aliphatic heterocycles. The van der Waals surface area contributed by atoms with E-state index in [0.717, 1.165) is 19.3 Å². The first kappa shape index (κ1) is 16.8. The van der Waals surface area contributed by atoms with Crippen molar-refractivity contribution in [3.63, 3.8) is 0 Å². The molecule has 0 aliphatic carbocycles. The van der Waals surface area contributed by atoms with Crippen LogP contribution < -0.4 is 0 Å². The van der Waals surface area contributed by atoms with Gasteiger partial charge >= 0.3 is 0 Å². The molecule has 0 aromatic rings. The van der Waals surface area contributed by atoms with Gasteiger partial charge < -0.3 is 19.7 Å². The Morgan fingerprint density at radius 2 is 1.41 bits per heavy atom. The Morgan fingerprint density at radius 3 is 1.88 bits per heavy atom. The molecular formula is C13H28O4. The summed E-state index contributed by atoms with van der Waals surface area (Å²) >= 11 is 0. The predicted octanol–water partition coefficient (Wildman–Crippen LogP) is 1.73. The summed E-state index contributed by atoms with van der Waals surface area (Å²) in [4.78, 5) is 0. The van der Waals surface area contributed by atoms with Gasteiger partial charge in [-0.05, 0) is 40.0 Å². The molecule has 0 aliphatic rings. The summed E-state index contributed by atoms with van der Waals surface area (Å²) in [6.45, 7) is 9.03. The zero-order valence-electron chi connectivity index (χ0n) is 11.7. The van der Waals surface area contributed by atoms with E-state index in [1.807, 2.05) is 13.8 Å². The monoisotopic (exact) mass is 248 g/mol. The number of hydrogen-bond donors (Lipinski definition) is 2. The van der Waals surface area contributed by atoms with Crippen LogP contribution in [-0.4, -0.2) is 47.8 Å². The van der Waals surface area contributed by atoms with Gasteiger partial charge in [-0.25, -0.2) is 0 Å². The second-order valence-corrected chi connectivity index (χ2v) is 5.21. The number of ether oxygens (including phenoxy) is 2. The van der Waals surface area contributed by atoms with Crippen LogP contribution in [0.2, 0.25) is 0 Å². The Balaban J connectivity index is 4.11. The van der Waals surface area contributed by atoms with Crippen molar-refractivity contribution >= 4 is 0 Å². The van der Waals surface area contributed by atoms with Gasteiger partial charge in [-0.1, -0.05) is 6.92 Å². The second kappa shape index (κ2) is 8.03. The summed E-state index contributed by atoms with van der Waals surface area (Å²) in [5.74, 6) is 0. The minimum Gasteiger partial charge on any atom is -0.394 e. The summed E-state index contributed by atoms with van der Waals surface area (Å²) in [5, 5.41) is 17.5. The van der Waals surface area contributed by atoms with Gasteiger partial charge in [0.25, 0.3) is 0 Å². The topological polar surface area (TPSA) is 58.9 Å². The van der Waals surface area contributed by atoms with Crippen molar-refractivity contribution in [1.82, 2.24) is 0 Å². The molecule has 0 amide bonds. The molecule has 1 atom stereocenters. The Labute approximate surface area is 105 Å². The highest BCUT2D eigenvalue weighted by Gasteiger charge is 2.27. The molecular weight excluding hydrogens is 220 g/mol. The van der Waals surface area contributed by atoms with Gasteiger partial charge in [0.05, 0.1) is 37.6 Å². The quantitative estimate of drug-likeness (QED) is 0.618. The number of hydrogen-bond acceptors (Lipinski definition) is 4. The van der Waals surface area contributed by atoms with E-state index in [1.165, 1.54) is 0 Å². The van der Waals surface area contributed by atoms with E-state index in [2.05, 4.69) is 13.8 Å². The predicted molar refractivity (Wildman–Crippen MR) is 68.1 cm³/mol. The fourth-order valence-electron chi connectivity index (χ4n) is 1.60. The molecule has 0 rings (SSSR count). The van der Waals surface area contributed by atoms with Crippen LogP contribution in [0.3, 0.4) is 0 Å². The molecule has 1 unspecified atom stereocenters. The van der Waals surface area contributed by atoms with E-state index >= 15 is 0 Å². The van der Waals surface area contributed by atoms with Gasteiger partial charge in [0, 0.05) is 0 Å². The summed E-state index contributed by atoms with van der Waals surface area (Å²) in [6, 6.07) is 0. The van der Waals surface area contributed by atoms with Gasteiger partial charge in [-0.15, -0.1) is 0 Å². The molecule has 4 heteroatoms. The van der Waals surface area contributed by atoms with E-state index in [9.17, 15) is 0 Å². The Morgan fingerprint density at radius 1 is 0.882 bits per heavy atom. The summed E-state index contributed by atoms with van der Waals surface area (Å²) < 4.78 is 11.2. The smallest absolute Gasteiger partial charge is 0.0705 e. The molecule has 0 fully saturated rings. The van der Waals surface area contributed by atoms with Crippen LogP contribution in [-0.2, 0) is 9.47 Å². The van der Waals surface area contributed by atoms with Gasteiger partial charge in [-0.3, -0.25) is 0 Å². The molecule has 104 valence electrons. The van der Waals surface area contributed by atoms with Crippen LogP contribution in [0.15, 0.2) is 0 Å². The molecule has 0 saturated carbocycles. The summed E-state index contributed by atoms with van der Waals surface area (Å²) in [7, 11) is 0. The third kappa shape index (κ3) is 7.71. The normalized spacial score (nSPS) is 15.9. The summed E-state index contributed by atoms with van der Waals surface area (Å²) in [6.07, 6.45) is 2.65. The summed E-state index contributed by atoms with van der Waals surface area (Å²) in [5.41, 5.74) is -0.454. The molecule has 0 heterocycles. The number of aliphatic hydroxyl groups excluding tert-OH is 2. The van der Waals surface area contributed by atoms with Crippen molar-refractivity contribution in [3.05, 3.63) is 0 Å². The standard InChI is InChI=1S/C13H28O4/c1-5-13(4,17-11-9-15)7-6-12(2,3)16-10-8-14/h14-15H,5-11H2,1-4H3. The Kier molecular flexibility index (Phi) is 7.96. The number of aliphatic hydroxyl groups is 2. The first-order chi connectivity index (χ1) is 7.89. The fourth-order valence-corrected chi connectivity index (χ4v) is 1.60. The maximum absolute atomic E-state index is 8.79. The van der Waals surface area contributed by atoms with Gasteiger partial charge in [0.2, 0.25) is 0 Å². The average molecular weight is 248 g/mol. The molecule has 17 heavy (non-hydrogen) atoms. The largest absolute Gasteiger partial charge is 0.394 e. The molecule has 0 saturated heterocycles. The van der Waals surface area contributed by atoms with Crippen LogP contribution in [0.4, 0.5) is 0 Å². The van der Waals surface area contributed by atoms with Crippen LogP contribution in [0.1, 0.15) is 47.0 Å². The third-order valence-corrected chi connectivity index (χ3v) is 3.13. The highest BCUT2D eigenvalue weighted by Crippen LogP contribution is 2.27. The Hall–Kier alpha value is -0.160. The molecule has 0 aromatic heterocycles. The van der Waals surface area contributed by atoms with E-state index in [-0.39, 0.29) is 24.4 Å². The van der Waals surface area contributed by atoms with Gasteiger partial charge in [0.1, 0.15) is 0 Å². The van der Waals surface area contributed by atoms with Crippen molar-refractivity contribution in [1.29, 1.82) is 0 Å². The van der Waals surface area contributed by atoms with Crippen molar-refractivity contribution < 1.29 is 19.7 Å². The molecule has 4 nitrogen and oxygen atoms in total. The van der Waals surface area contributed by atoms with E-state index in [4.69, 9.17) is 19.7 Å². The lowest BCUT2D eigenvalue weighted by Gasteiger charge is -2.33. The van der Waals surface area contributed by atoms with Crippen molar-refractivity contribution in [3.8, 4) is 0 Å². The minimum absolute atomic E-state index is 0.0511. The van der Waals surface area contributed by atoms with Gasteiger partial charge in [0.15, 0.2) is 0 Å². The SMILES string of the molecule is CCC(C)(CCC(C)(C)OCCO)OCCO. The lowest BCUT2D eigenvalue weighted by Crippen LogP contribution is -2.34. The average Bonchev–Trinajstić information content (AvgIpc) is 2.32. The molecule has 0 aromatic carbocycles. The van der Waals surface area contributed by atoms with E-state index in [0.29, 0.717) is 13.2 Å². The third-order valence-electron chi connectivity index (χ3n) is 3.13. The number of rotatable bonds is 10. The molecule has 0 radical (unpaired) electrons. The molecule has 0 spiro atoms. The van der Waals surface area contributed by atoms with Crippen LogP contribution in [0.5, 0.6) is 0 Å². The second-order valence-electron chi connectivity index (χ2n) is 5.21. The maximum Gasteiger partial charge on any atom is 0.0705 e. The fraction of sp³-hybridized carbons (Fsp3) is 1.00. The van der Waals surface area contributed by atoms with E-state index < -0.39 is 0 Å². The maximum atomic E-state index is 8.79.